The predicted octanol–water partition coefficient (Wildman–Crippen LogP) is 6.68. The van der Waals surface area contributed by atoms with E-state index in [9.17, 15) is 14.4 Å². The van der Waals surface area contributed by atoms with Gasteiger partial charge in [-0.15, -0.1) is 11.3 Å². The Hall–Kier alpha value is -4.38. The number of aryl methyl sites for hydroxylation is 1. The first-order chi connectivity index (χ1) is 21.2. The van der Waals surface area contributed by atoms with E-state index in [1.54, 1.807) is 38.1 Å². The average Bonchev–Trinajstić information content (AvgIpc) is 3.28. The van der Waals surface area contributed by atoms with Gasteiger partial charge in [0.05, 0.1) is 31.6 Å². The number of unbranched alkanes of at least 4 members (excludes halogenated alkanes) is 2. The van der Waals surface area contributed by atoms with E-state index >= 15 is 0 Å². The van der Waals surface area contributed by atoms with E-state index in [1.807, 2.05) is 39.0 Å². The molecule has 2 aromatic carbocycles. The first kappa shape index (κ1) is 34.1. The number of carbonyl (C=O) groups is 3. The maximum Gasteiger partial charge on any atom is 0.341 e. The predicted molar refractivity (Wildman–Crippen MR) is 173 cm³/mol. The number of nitrogens with one attached hydrogen (secondary N) is 2. The van der Waals surface area contributed by atoms with E-state index in [0.29, 0.717) is 46.6 Å². The lowest BCUT2D eigenvalue weighted by Gasteiger charge is -2.14. The lowest BCUT2D eigenvalue weighted by Crippen LogP contribution is -2.33. The summed E-state index contributed by atoms with van der Waals surface area (Å²) in [4.78, 5) is 38.8. The molecule has 1 unspecified atom stereocenters. The highest BCUT2D eigenvalue weighted by molar-refractivity contribution is 7.16. The number of anilines is 1. The summed E-state index contributed by atoms with van der Waals surface area (Å²) < 4.78 is 22.5. The molecule has 0 fully saturated rings. The summed E-state index contributed by atoms with van der Waals surface area (Å²) in [5.74, 6) is 0.395. The summed E-state index contributed by atoms with van der Waals surface area (Å²) in [5.41, 5.74) is 4.73. The standard InChI is InChI=1S/C33H41N3O7S/c1-7-10-11-18-42-27-17-12-24(19-28(27)40-8-2)20-34-36-30(37)22(5)43-26-15-13-25(14-16-26)31(38)35-32-29(33(39)41-9-3)21(4)23(6)44-32/h12-17,19-20,22H,7-11,18H2,1-6H3,(H,35,38)(H,36,37). The Morgan fingerprint density at radius 1 is 0.955 bits per heavy atom. The van der Waals surface area contributed by atoms with Crippen molar-refractivity contribution in [2.24, 2.45) is 5.10 Å². The number of hydrogen-bond donors (Lipinski definition) is 2. The van der Waals surface area contributed by atoms with Gasteiger partial charge in [-0.2, -0.15) is 5.10 Å². The van der Waals surface area contributed by atoms with Crippen molar-refractivity contribution in [2.45, 2.75) is 66.9 Å². The average molecular weight is 624 g/mol. The molecule has 0 radical (unpaired) electrons. The highest BCUT2D eigenvalue weighted by Crippen LogP contribution is 2.33. The number of carbonyl (C=O) groups excluding carboxylic acids is 3. The zero-order valence-corrected chi connectivity index (χ0v) is 27.0. The summed E-state index contributed by atoms with van der Waals surface area (Å²) in [6, 6.07) is 11.8. The highest BCUT2D eigenvalue weighted by atomic mass is 32.1. The van der Waals surface area contributed by atoms with E-state index in [-0.39, 0.29) is 12.5 Å². The molecule has 236 valence electrons. The molecule has 0 aliphatic carbocycles. The monoisotopic (exact) mass is 623 g/mol. The van der Waals surface area contributed by atoms with E-state index in [1.165, 1.54) is 17.6 Å². The number of esters is 1. The van der Waals surface area contributed by atoms with Gasteiger partial charge in [0.25, 0.3) is 11.8 Å². The molecule has 2 N–H and O–H groups in total. The molecule has 2 amide bonds. The van der Waals surface area contributed by atoms with Crippen LogP contribution in [-0.4, -0.2) is 49.9 Å². The fraction of sp³-hybridized carbons (Fsp3) is 0.394. The van der Waals surface area contributed by atoms with Crippen molar-refractivity contribution in [1.29, 1.82) is 0 Å². The van der Waals surface area contributed by atoms with Crippen LogP contribution in [0.5, 0.6) is 17.2 Å². The first-order valence-electron chi connectivity index (χ1n) is 14.8. The molecule has 10 nitrogen and oxygen atoms in total. The Kier molecular flexibility index (Phi) is 13.2. The van der Waals surface area contributed by atoms with Gasteiger partial charge < -0.3 is 24.3 Å². The van der Waals surface area contributed by atoms with E-state index in [4.69, 9.17) is 18.9 Å². The second kappa shape index (κ2) is 17.0. The van der Waals surface area contributed by atoms with Crippen LogP contribution in [0.3, 0.4) is 0 Å². The van der Waals surface area contributed by atoms with Gasteiger partial charge >= 0.3 is 5.97 Å². The second-order valence-corrected chi connectivity index (χ2v) is 11.1. The molecule has 0 bridgehead atoms. The maximum atomic E-state index is 12.9. The van der Waals surface area contributed by atoms with Crippen LogP contribution in [0.2, 0.25) is 0 Å². The van der Waals surface area contributed by atoms with Crippen molar-refractivity contribution < 1.29 is 33.3 Å². The Balaban J connectivity index is 1.55. The van der Waals surface area contributed by atoms with E-state index in [0.717, 1.165) is 35.3 Å². The Bertz CT molecular complexity index is 1450. The zero-order chi connectivity index (χ0) is 32.1. The Labute approximate surface area is 262 Å². The molecule has 0 saturated heterocycles. The minimum Gasteiger partial charge on any atom is -0.490 e. The van der Waals surface area contributed by atoms with Crippen molar-refractivity contribution in [3.05, 3.63) is 69.6 Å². The van der Waals surface area contributed by atoms with Crippen LogP contribution >= 0.6 is 11.3 Å². The number of thiophene rings is 1. The van der Waals surface area contributed by atoms with Crippen molar-refractivity contribution in [3.63, 3.8) is 0 Å². The molecule has 0 aliphatic heterocycles. The van der Waals surface area contributed by atoms with Crippen LogP contribution in [0.25, 0.3) is 0 Å². The fourth-order valence-corrected chi connectivity index (χ4v) is 5.11. The highest BCUT2D eigenvalue weighted by Gasteiger charge is 2.22. The molecule has 0 aliphatic rings. The summed E-state index contributed by atoms with van der Waals surface area (Å²) in [7, 11) is 0. The summed E-state index contributed by atoms with van der Waals surface area (Å²) in [6.07, 6.45) is 3.87. The first-order valence-corrected chi connectivity index (χ1v) is 15.6. The van der Waals surface area contributed by atoms with Gasteiger partial charge in [0, 0.05) is 10.4 Å². The zero-order valence-electron chi connectivity index (χ0n) is 26.2. The third-order valence-electron chi connectivity index (χ3n) is 6.55. The van der Waals surface area contributed by atoms with Crippen molar-refractivity contribution in [2.75, 3.05) is 25.1 Å². The van der Waals surface area contributed by atoms with E-state index < -0.39 is 18.0 Å². The van der Waals surface area contributed by atoms with Crippen LogP contribution in [0.1, 0.15) is 83.7 Å². The smallest absolute Gasteiger partial charge is 0.341 e. The van der Waals surface area contributed by atoms with Crippen LogP contribution < -0.4 is 25.0 Å². The minimum atomic E-state index is -0.853. The van der Waals surface area contributed by atoms with Gasteiger partial charge in [0.2, 0.25) is 0 Å². The van der Waals surface area contributed by atoms with Gasteiger partial charge in [-0.05, 0) is 94.6 Å². The molecule has 3 rings (SSSR count). The Morgan fingerprint density at radius 3 is 2.39 bits per heavy atom. The normalized spacial score (nSPS) is 11.6. The fourth-order valence-electron chi connectivity index (χ4n) is 4.07. The van der Waals surface area contributed by atoms with Crippen molar-refractivity contribution in [1.82, 2.24) is 5.43 Å². The number of ether oxygens (including phenoxy) is 4. The number of nitrogens with zero attached hydrogens (tertiary/aromatic N) is 1. The number of amides is 2. The SMILES string of the molecule is CCCCCOc1ccc(C=NNC(=O)C(C)Oc2ccc(C(=O)Nc3sc(C)c(C)c3C(=O)OCC)cc2)cc1OCC. The Morgan fingerprint density at radius 2 is 1.70 bits per heavy atom. The van der Waals surface area contributed by atoms with E-state index in [2.05, 4.69) is 22.8 Å². The minimum absolute atomic E-state index is 0.239. The number of hydrazone groups is 1. The lowest BCUT2D eigenvalue weighted by molar-refractivity contribution is -0.127. The molecular weight excluding hydrogens is 582 g/mol. The second-order valence-electron chi connectivity index (χ2n) is 9.88. The van der Waals surface area contributed by atoms with Crippen LogP contribution in [0, 0.1) is 13.8 Å². The molecule has 3 aromatic rings. The van der Waals surface area contributed by atoms with Gasteiger partial charge in [-0.3, -0.25) is 9.59 Å². The van der Waals surface area contributed by atoms with Gasteiger partial charge in [-0.25, -0.2) is 10.2 Å². The molecule has 1 heterocycles. The maximum absolute atomic E-state index is 12.9. The third-order valence-corrected chi connectivity index (χ3v) is 7.67. The quantitative estimate of drug-likeness (QED) is 0.0789. The molecule has 1 atom stereocenters. The topological polar surface area (TPSA) is 125 Å². The molecule has 1 aromatic heterocycles. The van der Waals surface area contributed by atoms with Crippen molar-refractivity contribution >= 4 is 40.3 Å². The number of hydrogen-bond acceptors (Lipinski definition) is 9. The largest absolute Gasteiger partial charge is 0.490 e. The summed E-state index contributed by atoms with van der Waals surface area (Å²) in [6.45, 7) is 12.4. The molecule has 0 saturated carbocycles. The van der Waals surface area contributed by atoms with Crippen LogP contribution in [-0.2, 0) is 9.53 Å². The van der Waals surface area contributed by atoms with Crippen LogP contribution in [0.4, 0.5) is 5.00 Å². The molecule has 11 heteroatoms. The summed E-state index contributed by atoms with van der Waals surface area (Å²) in [5, 5.41) is 7.31. The van der Waals surface area contributed by atoms with Gasteiger partial charge in [0.15, 0.2) is 17.6 Å². The van der Waals surface area contributed by atoms with Crippen molar-refractivity contribution in [3.8, 4) is 17.2 Å². The van der Waals surface area contributed by atoms with Gasteiger partial charge in [-0.1, -0.05) is 19.8 Å². The lowest BCUT2D eigenvalue weighted by atomic mass is 10.1. The van der Waals surface area contributed by atoms with Gasteiger partial charge in [0.1, 0.15) is 10.8 Å². The molecule has 0 spiro atoms. The summed E-state index contributed by atoms with van der Waals surface area (Å²) >= 11 is 1.32. The van der Waals surface area contributed by atoms with Crippen LogP contribution in [0.15, 0.2) is 47.6 Å². The molecule has 44 heavy (non-hydrogen) atoms. The molecular formula is C33H41N3O7S. The number of rotatable bonds is 16. The number of benzene rings is 2. The third kappa shape index (κ3) is 9.57.